The first kappa shape index (κ1) is 9.16. The Hall–Kier alpha value is -1.41. The normalized spacial score (nSPS) is 26.0. The van der Waals surface area contributed by atoms with E-state index in [4.69, 9.17) is 11.0 Å². The second-order valence-electron chi connectivity index (χ2n) is 3.39. The van der Waals surface area contributed by atoms with Crippen molar-refractivity contribution >= 4 is 0 Å². The highest BCUT2D eigenvalue weighted by Gasteiger charge is 2.24. The molecule has 0 aliphatic carbocycles. The van der Waals surface area contributed by atoms with Gasteiger partial charge >= 0.3 is 0 Å². The van der Waals surface area contributed by atoms with Gasteiger partial charge in [0, 0.05) is 12.5 Å². The molecule has 4 nitrogen and oxygen atoms in total. The fourth-order valence-corrected chi connectivity index (χ4v) is 1.64. The maximum atomic E-state index is 8.65. The maximum absolute atomic E-state index is 8.65. The van der Waals surface area contributed by atoms with Crippen molar-refractivity contribution in [2.45, 2.75) is 12.1 Å². The molecule has 0 amide bonds. The Balaban J connectivity index is 2.21. The molecule has 4 heteroatoms. The molecule has 0 aromatic heterocycles. The molecule has 1 saturated heterocycles. The van der Waals surface area contributed by atoms with Crippen molar-refractivity contribution in [2.24, 2.45) is 5.73 Å². The molecule has 1 heterocycles. The molecule has 4 N–H and O–H groups in total. The van der Waals surface area contributed by atoms with E-state index in [-0.39, 0.29) is 12.1 Å². The molecule has 1 aromatic carbocycles. The second-order valence-corrected chi connectivity index (χ2v) is 3.39. The fraction of sp³-hybridized carbons (Fsp3) is 0.300. The SMILES string of the molecule is N#Cc1ccc(C2CNNC2N)cc1. The van der Waals surface area contributed by atoms with Crippen LogP contribution in [0.4, 0.5) is 0 Å². The van der Waals surface area contributed by atoms with Gasteiger partial charge in [-0.2, -0.15) is 5.26 Å². The highest BCUT2D eigenvalue weighted by molar-refractivity contribution is 5.33. The smallest absolute Gasteiger partial charge is 0.0991 e. The van der Waals surface area contributed by atoms with E-state index in [0.717, 1.165) is 12.1 Å². The Labute approximate surface area is 82.7 Å². The van der Waals surface area contributed by atoms with E-state index in [9.17, 15) is 0 Å². The summed E-state index contributed by atoms with van der Waals surface area (Å²) in [5.74, 6) is 0.280. The van der Waals surface area contributed by atoms with Crippen LogP contribution in [0.25, 0.3) is 0 Å². The zero-order valence-electron chi connectivity index (χ0n) is 7.70. The van der Waals surface area contributed by atoms with E-state index in [2.05, 4.69) is 16.9 Å². The molecule has 2 atom stereocenters. The summed E-state index contributed by atoms with van der Waals surface area (Å²) in [5.41, 5.74) is 13.7. The quantitative estimate of drug-likeness (QED) is 0.581. The van der Waals surface area contributed by atoms with Crippen LogP contribution in [-0.2, 0) is 0 Å². The lowest BCUT2D eigenvalue weighted by Gasteiger charge is -2.13. The molecule has 14 heavy (non-hydrogen) atoms. The van der Waals surface area contributed by atoms with Crippen LogP contribution in [0.3, 0.4) is 0 Å². The van der Waals surface area contributed by atoms with E-state index in [1.54, 1.807) is 0 Å². The van der Waals surface area contributed by atoms with Gasteiger partial charge in [0.1, 0.15) is 0 Å². The molecule has 0 bridgehead atoms. The summed E-state index contributed by atoms with van der Waals surface area (Å²) < 4.78 is 0. The third-order valence-corrected chi connectivity index (χ3v) is 2.49. The summed E-state index contributed by atoms with van der Waals surface area (Å²) >= 11 is 0. The molecule has 1 aliphatic heterocycles. The van der Waals surface area contributed by atoms with Gasteiger partial charge in [-0.1, -0.05) is 12.1 Å². The topological polar surface area (TPSA) is 73.9 Å². The lowest BCUT2D eigenvalue weighted by Crippen LogP contribution is -2.38. The molecule has 1 aliphatic rings. The highest BCUT2D eigenvalue weighted by atomic mass is 15.4. The molecule has 0 saturated carbocycles. The van der Waals surface area contributed by atoms with Crippen molar-refractivity contribution in [1.82, 2.24) is 10.9 Å². The number of hydrogen-bond donors (Lipinski definition) is 3. The van der Waals surface area contributed by atoms with Gasteiger partial charge in [0.15, 0.2) is 0 Å². The summed E-state index contributed by atoms with van der Waals surface area (Å²) in [6, 6.07) is 9.65. The van der Waals surface area contributed by atoms with Crippen LogP contribution in [-0.4, -0.2) is 12.7 Å². The molecule has 2 rings (SSSR count). The van der Waals surface area contributed by atoms with Crippen LogP contribution in [0.5, 0.6) is 0 Å². The maximum Gasteiger partial charge on any atom is 0.0991 e. The van der Waals surface area contributed by atoms with Gasteiger partial charge in [-0.15, -0.1) is 0 Å². The summed E-state index contributed by atoms with van der Waals surface area (Å²) in [6.45, 7) is 0.826. The van der Waals surface area contributed by atoms with E-state index in [0.29, 0.717) is 5.56 Å². The average molecular weight is 188 g/mol. The van der Waals surface area contributed by atoms with Gasteiger partial charge in [0.05, 0.1) is 17.8 Å². The van der Waals surface area contributed by atoms with Gasteiger partial charge < -0.3 is 5.73 Å². The molecule has 0 spiro atoms. The van der Waals surface area contributed by atoms with Crippen molar-refractivity contribution in [3.8, 4) is 6.07 Å². The Morgan fingerprint density at radius 1 is 1.36 bits per heavy atom. The van der Waals surface area contributed by atoms with Gasteiger partial charge in [0.2, 0.25) is 0 Å². The summed E-state index contributed by atoms with van der Waals surface area (Å²) in [6.07, 6.45) is -0.0528. The van der Waals surface area contributed by atoms with Crippen molar-refractivity contribution in [3.05, 3.63) is 35.4 Å². The Morgan fingerprint density at radius 3 is 2.57 bits per heavy atom. The van der Waals surface area contributed by atoms with E-state index < -0.39 is 0 Å². The molecular formula is C10H12N4. The Morgan fingerprint density at radius 2 is 2.07 bits per heavy atom. The van der Waals surface area contributed by atoms with Crippen molar-refractivity contribution in [1.29, 1.82) is 5.26 Å². The summed E-state index contributed by atoms with van der Waals surface area (Å²) in [5, 5.41) is 8.65. The monoisotopic (exact) mass is 188 g/mol. The average Bonchev–Trinajstić information content (AvgIpc) is 2.65. The minimum absolute atomic E-state index is 0.0528. The Kier molecular flexibility index (Phi) is 2.46. The molecular weight excluding hydrogens is 176 g/mol. The number of nitrogens with two attached hydrogens (primary N) is 1. The van der Waals surface area contributed by atoms with Gasteiger partial charge in [-0.3, -0.25) is 5.43 Å². The third kappa shape index (κ3) is 1.61. The van der Waals surface area contributed by atoms with E-state index >= 15 is 0 Å². The largest absolute Gasteiger partial charge is 0.314 e. The van der Waals surface area contributed by atoms with Crippen LogP contribution < -0.4 is 16.6 Å². The molecule has 1 aromatic rings. The number of nitriles is 1. The van der Waals surface area contributed by atoms with Crippen LogP contribution in [0.15, 0.2) is 24.3 Å². The molecule has 0 radical (unpaired) electrons. The van der Waals surface area contributed by atoms with Crippen LogP contribution in [0, 0.1) is 11.3 Å². The zero-order valence-corrected chi connectivity index (χ0v) is 7.70. The van der Waals surface area contributed by atoms with Crippen LogP contribution in [0.1, 0.15) is 17.0 Å². The first-order chi connectivity index (χ1) is 6.81. The van der Waals surface area contributed by atoms with Gasteiger partial charge in [-0.25, -0.2) is 5.43 Å². The van der Waals surface area contributed by atoms with Crippen LogP contribution >= 0.6 is 0 Å². The first-order valence-corrected chi connectivity index (χ1v) is 4.55. The van der Waals surface area contributed by atoms with Crippen molar-refractivity contribution in [3.63, 3.8) is 0 Å². The number of nitrogens with one attached hydrogen (secondary N) is 2. The van der Waals surface area contributed by atoms with Gasteiger partial charge in [-0.05, 0) is 17.7 Å². The van der Waals surface area contributed by atoms with Crippen molar-refractivity contribution in [2.75, 3.05) is 6.54 Å². The minimum Gasteiger partial charge on any atom is -0.314 e. The second kappa shape index (κ2) is 3.76. The molecule has 2 unspecified atom stereocenters. The fourth-order valence-electron chi connectivity index (χ4n) is 1.64. The minimum atomic E-state index is -0.0528. The number of benzene rings is 1. The highest BCUT2D eigenvalue weighted by Crippen LogP contribution is 2.19. The summed E-state index contributed by atoms with van der Waals surface area (Å²) in [7, 11) is 0. The zero-order chi connectivity index (χ0) is 9.97. The van der Waals surface area contributed by atoms with Crippen molar-refractivity contribution < 1.29 is 0 Å². The number of hydrogen-bond acceptors (Lipinski definition) is 4. The van der Waals surface area contributed by atoms with Gasteiger partial charge in [0.25, 0.3) is 0 Å². The summed E-state index contributed by atoms with van der Waals surface area (Å²) in [4.78, 5) is 0. The first-order valence-electron chi connectivity index (χ1n) is 4.55. The predicted molar refractivity (Wildman–Crippen MR) is 53.0 cm³/mol. The predicted octanol–water partition coefficient (Wildman–Crippen LogP) is 0.0345. The van der Waals surface area contributed by atoms with Crippen LogP contribution in [0.2, 0.25) is 0 Å². The molecule has 1 fully saturated rings. The van der Waals surface area contributed by atoms with E-state index in [1.807, 2.05) is 24.3 Å². The standard InChI is InChI=1S/C10H12N4/c11-5-7-1-3-8(4-2-7)9-6-13-14-10(9)12/h1-4,9-10,13-14H,6,12H2. The van der Waals surface area contributed by atoms with E-state index in [1.165, 1.54) is 0 Å². The molecule has 72 valence electrons. The Bertz CT molecular complexity index is 351. The number of rotatable bonds is 1. The number of hydrazine groups is 1. The third-order valence-electron chi connectivity index (χ3n) is 2.49. The lowest BCUT2D eigenvalue weighted by atomic mass is 9.97. The lowest BCUT2D eigenvalue weighted by molar-refractivity contribution is 0.547. The number of nitrogens with zero attached hydrogens (tertiary/aromatic N) is 1.